The summed E-state index contributed by atoms with van der Waals surface area (Å²) < 4.78 is 5.59. The van der Waals surface area contributed by atoms with Crippen LogP contribution in [0.5, 0.6) is 5.75 Å². The van der Waals surface area contributed by atoms with Gasteiger partial charge in [0.15, 0.2) is 0 Å². The molecular formula is C13H14N2O2S. The van der Waals surface area contributed by atoms with Crippen molar-refractivity contribution in [2.45, 2.75) is 13.5 Å². The van der Waals surface area contributed by atoms with Crippen molar-refractivity contribution in [1.82, 2.24) is 10.3 Å². The fourth-order valence-electron chi connectivity index (χ4n) is 1.48. The largest absolute Gasteiger partial charge is 0.487 e. The van der Waals surface area contributed by atoms with Crippen molar-refractivity contribution in [3.63, 3.8) is 0 Å². The molecule has 1 amide bonds. The number of hydrogen-bond acceptors (Lipinski definition) is 4. The SMILES string of the molecule is CNC(=O)c1ccc(OCc2csc(C)n2)cc1. The number of benzene rings is 1. The quantitative estimate of drug-likeness (QED) is 0.920. The van der Waals surface area contributed by atoms with E-state index in [1.54, 1.807) is 42.6 Å². The first-order valence-electron chi connectivity index (χ1n) is 5.55. The van der Waals surface area contributed by atoms with E-state index in [0.29, 0.717) is 12.2 Å². The second-order valence-electron chi connectivity index (χ2n) is 3.75. The van der Waals surface area contributed by atoms with Crippen LogP contribution in [0.15, 0.2) is 29.6 Å². The molecule has 1 aromatic heterocycles. The topological polar surface area (TPSA) is 51.2 Å². The molecule has 0 aliphatic rings. The van der Waals surface area contributed by atoms with Crippen LogP contribution >= 0.6 is 11.3 Å². The Morgan fingerprint density at radius 3 is 2.67 bits per heavy atom. The van der Waals surface area contributed by atoms with Crippen molar-refractivity contribution >= 4 is 17.2 Å². The van der Waals surface area contributed by atoms with Crippen LogP contribution in [0.3, 0.4) is 0 Å². The average molecular weight is 262 g/mol. The minimum Gasteiger partial charge on any atom is -0.487 e. The molecular weight excluding hydrogens is 248 g/mol. The summed E-state index contributed by atoms with van der Waals surface area (Å²) in [6.07, 6.45) is 0. The van der Waals surface area contributed by atoms with Crippen molar-refractivity contribution in [2.24, 2.45) is 0 Å². The average Bonchev–Trinajstić information content (AvgIpc) is 2.82. The molecule has 1 N–H and O–H groups in total. The molecule has 0 unspecified atom stereocenters. The Balaban J connectivity index is 1.96. The molecule has 0 fully saturated rings. The molecule has 0 atom stereocenters. The maximum atomic E-state index is 11.3. The Kier molecular flexibility index (Phi) is 3.94. The number of thiazole rings is 1. The summed E-state index contributed by atoms with van der Waals surface area (Å²) in [7, 11) is 1.61. The smallest absolute Gasteiger partial charge is 0.251 e. The first-order chi connectivity index (χ1) is 8.69. The Hall–Kier alpha value is -1.88. The van der Waals surface area contributed by atoms with Crippen molar-refractivity contribution < 1.29 is 9.53 Å². The summed E-state index contributed by atoms with van der Waals surface area (Å²) in [5.74, 6) is 0.630. The molecule has 0 bridgehead atoms. The Bertz CT molecular complexity index is 534. The first kappa shape index (κ1) is 12.6. The molecule has 0 aliphatic heterocycles. The molecule has 1 heterocycles. The molecule has 0 saturated heterocycles. The zero-order valence-corrected chi connectivity index (χ0v) is 11.1. The molecule has 0 aliphatic carbocycles. The Labute approximate surface area is 110 Å². The Morgan fingerprint density at radius 1 is 1.39 bits per heavy atom. The van der Waals surface area contributed by atoms with E-state index < -0.39 is 0 Å². The van der Waals surface area contributed by atoms with E-state index in [0.717, 1.165) is 16.5 Å². The van der Waals surface area contributed by atoms with Crippen LogP contribution in [0.2, 0.25) is 0 Å². The zero-order chi connectivity index (χ0) is 13.0. The fourth-order valence-corrected chi connectivity index (χ4v) is 2.08. The number of rotatable bonds is 4. The number of aromatic nitrogens is 1. The molecule has 2 rings (SSSR count). The summed E-state index contributed by atoms with van der Waals surface area (Å²) >= 11 is 1.60. The first-order valence-corrected chi connectivity index (χ1v) is 6.43. The minimum absolute atomic E-state index is 0.100. The summed E-state index contributed by atoms with van der Waals surface area (Å²) in [5, 5.41) is 5.58. The maximum absolute atomic E-state index is 11.3. The molecule has 18 heavy (non-hydrogen) atoms. The summed E-state index contributed by atoms with van der Waals surface area (Å²) in [6.45, 7) is 2.41. The molecule has 0 spiro atoms. The highest BCUT2D eigenvalue weighted by Gasteiger charge is 2.03. The van der Waals surface area contributed by atoms with Crippen molar-refractivity contribution in [1.29, 1.82) is 0 Å². The van der Waals surface area contributed by atoms with Gasteiger partial charge in [-0.3, -0.25) is 4.79 Å². The Morgan fingerprint density at radius 2 is 2.11 bits per heavy atom. The van der Waals surface area contributed by atoms with Crippen molar-refractivity contribution in [3.8, 4) is 5.75 Å². The highest BCUT2D eigenvalue weighted by Crippen LogP contribution is 2.15. The van der Waals surface area contributed by atoms with E-state index >= 15 is 0 Å². The van der Waals surface area contributed by atoms with E-state index in [1.165, 1.54) is 0 Å². The molecule has 5 heteroatoms. The van der Waals surface area contributed by atoms with Gasteiger partial charge in [-0.15, -0.1) is 11.3 Å². The lowest BCUT2D eigenvalue weighted by atomic mass is 10.2. The lowest BCUT2D eigenvalue weighted by Crippen LogP contribution is -2.17. The number of hydrogen-bond donors (Lipinski definition) is 1. The van der Waals surface area contributed by atoms with E-state index in [1.807, 2.05) is 12.3 Å². The maximum Gasteiger partial charge on any atom is 0.251 e. The summed E-state index contributed by atoms with van der Waals surface area (Å²) in [6, 6.07) is 7.04. The van der Waals surface area contributed by atoms with Gasteiger partial charge in [0, 0.05) is 18.0 Å². The number of carbonyl (C=O) groups is 1. The summed E-state index contributed by atoms with van der Waals surface area (Å²) in [5.41, 5.74) is 1.54. The van der Waals surface area contributed by atoms with Gasteiger partial charge in [-0.25, -0.2) is 4.98 Å². The van der Waals surface area contributed by atoms with E-state index in [-0.39, 0.29) is 5.91 Å². The van der Waals surface area contributed by atoms with Gasteiger partial charge in [0.1, 0.15) is 12.4 Å². The van der Waals surface area contributed by atoms with Gasteiger partial charge < -0.3 is 10.1 Å². The second-order valence-corrected chi connectivity index (χ2v) is 4.81. The van der Waals surface area contributed by atoms with Gasteiger partial charge in [0.25, 0.3) is 5.91 Å². The predicted octanol–water partition coefficient (Wildman–Crippen LogP) is 2.39. The van der Waals surface area contributed by atoms with Crippen molar-refractivity contribution in [2.75, 3.05) is 7.05 Å². The third-order valence-corrected chi connectivity index (χ3v) is 3.22. The second kappa shape index (κ2) is 5.64. The van der Waals surface area contributed by atoms with E-state index in [4.69, 9.17) is 4.74 Å². The standard InChI is InChI=1S/C13H14N2O2S/c1-9-15-11(8-18-9)7-17-12-5-3-10(4-6-12)13(16)14-2/h3-6,8H,7H2,1-2H3,(H,14,16). The number of nitrogens with one attached hydrogen (secondary N) is 1. The number of carbonyl (C=O) groups excluding carboxylic acids is 1. The summed E-state index contributed by atoms with van der Waals surface area (Å²) in [4.78, 5) is 15.7. The van der Waals surface area contributed by atoms with Crippen LogP contribution in [0.1, 0.15) is 21.1 Å². The highest BCUT2D eigenvalue weighted by atomic mass is 32.1. The molecule has 1 aromatic carbocycles. The van der Waals surface area contributed by atoms with E-state index in [2.05, 4.69) is 10.3 Å². The normalized spacial score (nSPS) is 10.1. The van der Waals surface area contributed by atoms with Crippen LogP contribution in [-0.2, 0) is 6.61 Å². The van der Waals surface area contributed by atoms with Gasteiger partial charge >= 0.3 is 0 Å². The van der Waals surface area contributed by atoms with Crippen LogP contribution < -0.4 is 10.1 Å². The van der Waals surface area contributed by atoms with E-state index in [9.17, 15) is 4.79 Å². The molecule has 4 nitrogen and oxygen atoms in total. The lowest BCUT2D eigenvalue weighted by Gasteiger charge is -2.05. The van der Waals surface area contributed by atoms with Gasteiger partial charge in [0.05, 0.1) is 10.7 Å². The number of ether oxygens (including phenoxy) is 1. The lowest BCUT2D eigenvalue weighted by molar-refractivity contribution is 0.0963. The minimum atomic E-state index is -0.100. The molecule has 0 saturated carbocycles. The van der Waals surface area contributed by atoms with Crippen LogP contribution in [-0.4, -0.2) is 17.9 Å². The van der Waals surface area contributed by atoms with Gasteiger partial charge in [0.2, 0.25) is 0 Å². The third-order valence-electron chi connectivity index (χ3n) is 2.40. The third kappa shape index (κ3) is 3.07. The molecule has 94 valence electrons. The number of nitrogens with zero attached hydrogens (tertiary/aromatic N) is 1. The number of aryl methyl sites for hydroxylation is 1. The van der Waals surface area contributed by atoms with Crippen LogP contribution in [0, 0.1) is 6.92 Å². The predicted molar refractivity (Wildman–Crippen MR) is 71.0 cm³/mol. The molecule has 2 aromatic rings. The van der Waals surface area contributed by atoms with Gasteiger partial charge in [-0.05, 0) is 31.2 Å². The highest BCUT2D eigenvalue weighted by molar-refractivity contribution is 7.09. The monoisotopic (exact) mass is 262 g/mol. The zero-order valence-electron chi connectivity index (χ0n) is 10.3. The molecule has 0 radical (unpaired) electrons. The van der Waals surface area contributed by atoms with Gasteiger partial charge in [-0.2, -0.15) is 0 Å². The van der Waals surface area contributed by atoms with Crippen LogP contribution in [0.25, 0.3) is 0 Å². The van der Waals surface area contributed by atoms with Gasteiger partial charge in [-0.1, -0.05) is 0 Å². The van der Waals surface area contributed by atoms with Crippen molar-refractivity contribution in [3.05, 3.63) is 45.9 Å². The fraction of sp³-hybridized carbons (Fsp3) is 0.231. The van der Waals surface area contributed by atoms with Crippen LogP contribution in [0.4, 0.5) is 0 Å². The number of amides is 1.